The molecule has 1 amide bonds. The lowest BCUT2D eigenvalue weighted by Gasteiger charge is -2.14. The summed E-state index contributed by atoms with van der Waals surface area (Å²) in [6.45, 7) is 1.62. The van der Waals surface area contributed by atoms with E-state index in [1.165, 1.54) is 18.2 Å². The first-order chi connectivity index (χ1) is 9.35. The summed E-state index contributed by atoms with van der Waals surface area (Å²) in [5.41, 5.74) is 0.103. The number of carbonyl (C=O) groups is 3. The maximum Gasteiger partial charge on any atom is 0.326 e. The van der Waals surface area contributed by atoms with Gasteiger partial charge >= 0.3 is 5.97 Å². The maximum atomic E-state index is 11.9. The van der Waals surface area contributed by atoms with E-state index in [-0.39, 0.29) is 29.2 Å². The van der Waals surface area contributed by atoms with Crippen LogP contribution in [0.15, 0.2) is 18.2 Å². The molecule has 0 heterocycles. The Morgan fingerprint density at radius 3 is 2.45 bits per heavy atom. The Morgan fingerprint density at radius 1 is 1.30 bits per heavy atom. The fourth-order valence-corrected chi connectivity index (χ4v) is 1.98. The van der Waals surface area contributed by atoms with Crippen molar-refractivity contribution in [2.45, 2.75) is 25.8 Å². The van der Waals surface area contributed by atoms with Crippen LogP contribution in [-0.4, -0.2) is 28.8 Å². The van der Waals surface area contributed by atoms with Gasteiger partial charge in [-0.1, -0.05) is 30.1 Å². The SMILES string of the molecule is CCC(=O)CC(NC(=O)c1ccc(Cl)cc1Cl)C(=O)O. The largest absolute Gasteiger partial charge is 0.480 e. The molecule has 20 heavy (non-hydrogen) atoms. The van der Waals surface area contributed by atoms with Gasteiger partial charge in [-0.2, -0.15) is 0 Å². The normalized spacial score (nSPS) is 11.8. The highest BCUT2D eigenvalue weighted by molar-refractivity contribution is 6.36. The summed E-state index contributed by atoms with van der Waals surface area (Å²) >= 11 is 11.6. The summed E-state index contributed by atoms with van der Waals surface area (Å²) in [7, 11) is 0. The third-order valence-electron chi connectivity index (χ3n) is 2.61. The van der Waals surface area contributed by atoms with E-state index in [0.29, 0.717) is 5.02 Å². The van der Waals surface area contributed by atoms with Crippen LogP contribution in [0.4, 0.5) is 0 Å². The molecule has 1 unspecified atom stereocenters. The monoisotopic (exact) mass is 317 g/mol. The molecule has 108 valence electrons. The Hall–Kier alpha value is -1.59. The Bertz CT molecular complexity index is 545. The first-order valence-electron chi connectivity index (χ1n) is 5.85. The molecular weight excluding hydrogens is 305 g/mol. The Balaban J connectivity index is 2.85. The van der Waals surface area contributed by atoms with Crippen LogP contribution < -0.4 is 5.32 Å². The summed E-state index contributed by atoms with van der Waals surface area (Å²) in [4.78, 5) is 34.3. The van der Waals surface area contributed by atoms with E-state index in [4.69, 9.17) is 28.3 Å². The number of hydrogen-bond acceptors (Lipinski definition) is 3. The molecule has 0 saturated heterocycles. The minimum atomic E-state index is -1.28. The zero-order chi connectivity index (χ0) is 15.3. The van der Waals surface area contributed by atoms with Crippen molar-refractivity contribution in [3.63, 3.8) is 0 Å². The van der Waals surface area contributed by atoms with Gasteiger partial charge in [0, 0.05) is 17.9 Å². The third kappa shape index (κ3) is 4.51. The highest BCUT2D eigenvalue weighted by Crippen LogP contribution is 2.21. The van der Waals surface area contributed by atoms with Gasteiger partial charge in [0.1, 0.15) is 11.8 Å². The number of nitrogens with one attached hydrogen (secondary N) is 1. The second-order valence-corrected chi connectivity index (χ2v) is 4.93. The number of ketones is 1. The number of carbonyl (C=O) groups excluding carboxylic acids is 2. The molecule has 7 heteroatoms. The fourth-order valence-electron chi connectivity index (χ4n) is 1.48. The number of hydrogen-bond donors (Lipinski definition) is 2. The smallest absolute Gasteiger partial charge is 0.326 e. The number of carboxylic acids is 1. The van der Waals surface area contributed by atoms with Crippen LogP contribution in [0.3, 0.4) is 0 Å². The molecular formula is C13H13Cl2NO4. The standard InChI is InChI=1S/C13H13Cl2NO4/c1-2-8(17)6-11(13(19)20)16-12(18)9-4-3-7(14)5-10(9)15/h3-5,11H,2,6H2,1H3,(H,16,18)(H,19,20). The summed E-state index contributed by atoms with van der Waals surface area (Å²) < 4.78 is 0. The second kappa shape index (κ2) is 7.26. The predicted molar refractivity (Wildman–Crippen MR) is 75.3 cm³/mol. The minimum Gasteiger partial charge on any atom is -0.480 e. The van der Waals surface area contributed by atoms with Gasteiger partial charge in [0.05, 0.1) is 10.6 Å². The molecule has 0 aromatic heterocycles. The van der Waals surface area contributed by atoms with Crippen molar-refractivity contribution in [1.29, 1.82) is 0 Å². The molecule has 1 atom stereocenters. The molecule has 0 aliphatic rings. The summed E-state index contributed by atoms with van der Waals surface area (Å²) in [6, 6.07) is 2.96. The lowest BCUT2D eigenvalue weighted by Crippen LogP contribution is -2.42. The molecule has 0 fully saturated rings. The number of amides is 1. The summed E-state index contributed by atoms with van der Waals surface area (Å²) in [6.07, 6.45) is -0.0515. The van der Waals surface area contributed by atoms with Crippen molar-refractivity contribution in [3.05, 3.63) is 33.8 Å². The van der Waals surface area contributed by atoms with E-state index in [9.17, 15) is 14.4 Å². The van der Waals surface area contributed by atoms with Crippen LogP contribution in [0.2, 0.25) is 10.0 Å². The number of benzene rings is 1. The van der Waals surface area contributed by atoms with E-state index in [2.05, 4.69) is 5.32 Å². The zero-order valence-corrected chi connectivity index (χ0v) is 12.2. The van der Waals surface area contributed by atoms with Crippen LogP contribution >= 0.6 is 23.2 Å². The van der Waals surface area contributed by atoms with Crippen molar-refractivity contribution in [3.8, 4) is 0 Å². The number of halogens is 2. The second-order valence-electron chi connectivity index (χ2n) is 4.08. The molecule has 0 spiro atoms. The average molecular weight is 318 g/mol. The third-order valence-corrected chi connectivity index (χ3v) is 3.15. The van der Waals surface area contributed by atoms with Crippen molar-refractivity contribution in [2.75, 3.05) is 0 Å². The van der Waals surface area contributed by atoms with Gasteiger partial charge in [-0.25, -0.2) is 4.79 Å². The van der Waals surface area contributed by atoms with Gasteiger partial charge in [-0.15, -0.1) is 0 Å². The van der Waals surface area contributed by atoms with Gasteiger partial charge in [0.2, 0.25) is 0 Å². The van der Waals surface area contributed by atoms with Gasteiger partial charge in [-0.3, -0.25) is 9.59 Å². The molecule has 1 aromatic carbocycles. The molecule has 1 aromatic rings. The number of Topliss-reactive ketones (excluding diaryl/α,β-unsaturated/α-hetero) is 1. The zero-order valence-electron chi connectivity index (χ0n) is 10.7. The van der Waals surface area contributed by atoms with E-state index >= 15 is 0 Å². The first-order valence-corrected chi connectivity index (χ1v) is 6.61. The average Bonchev–Trinajstić information content (AvgIpc) is 2.37. The number of rotatable bonds is 6. The van der Waals surface area contributed by atoms with Gasteiger partial charge < -0.3 is 10.4 Å². The molecule has 0 bridgehead atoms. The van der Waals surface area contributed by atoms with Crippen molar-refractivity contribution < 1.29 is 19.5 Å². The molecule has 1 rings (SSSR count). The van der Waals surface area contributed by atoms with Gasteiger partial charge in [-0.05, 0) is 18.2 Å². The number of carboxylic acid groups (broad SMARTS) is 1. The predicted octanol–water partition coefficient (Wildman–Crippen LogP) is 2.55. The summed E-state index contributed by atoms with van der Waals surface area (Å²) in [5, 5.41) is 11.8. The van der Waals surface area contributed by atoms with Gasteiger partial charge in [0.15, 0.2) is 0 Å². The van der Waals surface area contributed by atoms with Gasteiger partial charge in [0.25, 0.3) is 5.91 Å². The topological polar surface area (TPSA) is 83.5 Å². The molecule has 0 radical (unpaired) electrons. The molecule has 5 nitrogen and oxygen atoms in total. The Morgan fingerprint density at radius 2 is 1.95 bits per heavy atom. The van der Waals surface area contributed by atoms with Crippen LogP contribution in [0.25, 0.3) is 0 Å². The molecule has 0 saturated carbocycles. The molecule has 0 aliphatic carbocycles. The van der Waals surface area contributed by atoms with E-state index in [1.54, 1.807) is 6.92 Å². The Kier molecular flexibility index (Phi) is 5.98. The fraction of sp³-hybridized carbons (Fsp3) is 0.308. The van der Waals surface area contributed by atoms with Crippen LogP contribution in [0.1, 0.15) is 30.1 Å². The lowest BCUT2D eigenvalue weighted by molar-refractivity contribution is -0.141. The Labute approximate surface area is 125 Å². The van der Waals surface area contributed by atoms with E-state index < -0.39 is 17.9 Å². The quantitative estimate of drug-likeness (QED) is 0.844. The van der Waals surface area contributed by atoms with E-state index in [1.807, 2.05) is 0 Å². The highest BCUT2D eigenvalue weighted by atomic mass is 35.5. The summed E-state index contributed by atoms with van der Waals surface area (Å²) in [5.74, 6) is -2.19. The van der Waals surface area contributed by atoms with Crippen molar-refractivity contribution in [2.24, 2.45) is 0 Å². The first kappa shape index (κ1) is 16.5. The van der Waals surface area contributed by atoms with Crippen molar-refractivity contribution >= 4 is 40.9 Å². The minimum absolute atomic E-state index is 0.103. The lowest BCUT2D eigenvalue weighted by atomic mass is 10.1. The highest BCUT2D eigenvalue weighted by Gasteiger charge is 2.24. The van der Waals surface area contributed by atoms with E-state index in [0.717, 1.165) is 0 Å². The van der Waals surface area contributed by atoms with Crippen LogP contribution in [-0.2, 0) is 9.59 Å². The van der Waals surface area contributed by atoms with Crippen LogP contribution in [0, 0.1) is 0 Å². The molecule has 2 N–H and O–H groups in total. The van der Waals surface area contributed by atoms with Crippen molar-refractivity contribution in [1.82, 2.24) is 5.32 Å². The molecule has 0 aliphatic heterocycles. The van der Waals surface area contributed by atoms with Crippen LogP contribution in [0.5, 0.6) is 0 Å². The number of aliphatic carboxylic acids is 1. The maximum absolute atomic E-state index is 11.9.